The number of allylic oxidation sites excluding steroid dienone is 1. The largest absolute Gasteiger partial charge is 0.397 e. The third-order valence-electron chi connectivity index (χ3n) is 2.00. The van der Waals surface area contributed by atoms with Crippen LogP contribution < -0.4 is 5.73 Å². The Morgan fingerprint density at radius 3 is 2.76 bits per heavy atom. The first kappa shape index (κ1) is 14.4. The Balaban J connectivity index is 2.59. The highest BCUT2D eigenvalue weighted by Gasteiger charge is 2.02. The molecule has 1 aromatic rings. The molecule has 0 amide bonds. The monoisotopic (exact) mass is 289 g/mol. The van der Waals surface area contributed by atoms with E-state index in [4.69, 9.17) is 28.9 Å². The van der Waals surface area contributed by atoms with Crippen LogP contribution in [0.25, 0.3) is 6.08 Å². The molecule has 0 unspecified atom stereocenters. The number of thioether (sulfide) groups is 1. The fraction of sp³-hybridized carbons (Fsp3) is 0.250. The lowest BCUT2D eigenvalue weighted by atomic mass is 10.2. The summed E-state index contributed by atoms with van der Waals surface area (Å²) >= 11 is 13.2. The quantitative estimate of drug-likeness (QED) is 0.665. The summed E-state index contributed by atoms with van der Waals surface area (Å²) in [4.78, 5) is 10.7. The Morgan fingerprint density at radius 1 is 1.41 bits per heavy atom. The van der Waals surface area contributed by atoms with Crippen molar-refractivity contribution in [3.05, 3.63) is 33.8 Å². The van der Waals surface area contributed by atoms with Crippen LogP contribution in [0.4, 0.5) is 5.69 Å². The van der Waals surface area contributed by atoms with E-state index >= 15 is 0 Å². The first-order chi connectivity index (χ1) is 8.00. The number of nitrogens with two attached hydrogens (primary N) is 1. The standard InChI is InChI=1S/C12H13Cl2NOS/c1-8(16)17-5-3-2-4-9-6-11(14)12(15)7-10(9)13/h2,4,6-7H,3,5,15H2,1H3. The minimum atomic E-state index is 0.131. The van der Waals surface area contributed by atoms with Crippen LogP contribution in [0, 0.1) is 0 Å². The maximum Gasteiger partial charge on any atom is 0.185 e. The zero-order valence-electron chi connectivity index (χ0n) is 9.37. The molecule has 0 radical (unpaired) electrons. The van der Waals surface area contributed by atoms with Gasteiger partial charge in [0, 0.05) is 17.7 Å². The topological polar surface area (TPSA) is 43.1 Å². The normalized spacial score (nSPS) is 11.0. The molecule has 0 atom stereocenters. The zero-order chi connectivity index (χ0) is 12.8. The van der Waals surface area contributed by atoms with E-state index in [2.05, 4.69) is 0 Å². The van der Waals surface area contributed by atoms with Gasteiger partial charge in [0.1, 0.15) is 0 Å². The molecule has 5 heteroatoms. The van der Waals surface area contributed by atoms with Gasteiger partial charge in [-0.15, -0.1) is 0 Å². The van der Waals surface area contributed by atoms with E-state index in [1.165, 1.54) is 11.8 Å². The number of carbonyl (C=O) groups is 1. The smallest absolute Gasteiger partial charge is 0.185 e. The number of benzene rings is 1. The molecule has 17 heavy (non-hydrogen) atoms. The highest BCUT2D eigenvalue weighted by molar-refractivity contribution is 8.13. The predicted octanol–water partition coefficient (Wildman–Crippen LogP) is 4.26. The molecular weight excluding hydrogens is 277 g/mol. The lowest BCUT2D eigenvalue weighted by Crippen LogP contribution is -1.88. The van der Waals surface area contributed by atoms with Crippen LogP contribution in [0.1, 0.15) is 18.9 Å². The molecule has 0 aliphatic heterocycles. The molecule has 0 bridgehead atoms. The highest BCUT2D eigenvalue weighted by atomic mass is 35.5. The van der Waals surface area contributed by atoms with Crippen molar-refractivity contribution in [2.24, 2.45) is 0 Å². The van der Waals surface area contributed by atoms with Gasteiger partial charge in [-0.05, 0) is 24.1 Å². The molecule has 2 N–H and O–H groups in total. The van der Waals surface area contributed by atoms with Crippen LogP contribution in [0.2, 0.25) is 10.0 Å². The first-order valence-electron chi connectivity index (χ1n) is 5.05. The van der Waals surface area contributed by atoms with Gasteiger partial charge < -0.3 is 5.73 Å². The molecule has 1 aromatic carbocycles. The van der Waals surface area contributed by atoms with Crippen molar-refractivity contribution in [1.29, 1.82) is 0 Å². The summed E-state index contributed by atoms with van der Waals surface area (Å²) in [5.74, 6) is 0.770. The molecule has 0 fully saturated rings. The van der Waals surface area contributed by atoms with Gasteiger partial charge >= 0.3 is 0 Å². The summed E-state index contributed by atoms with van der Waals surface area (Å²) in [6.45, 7) is 1.56. The lowest BCUT2D eigenvalue weighted by Gasteiger charge is -2.02. The van der Waals surface area contributed by atoms with Crippen LogP contribution >= 0.6 is 35.0 Å². The summed E-state index contributed by atoms with van der Waals surface area (Å²) < 4.78 is 0. The van der Waals surface area contributed by atoms with Crippen molar-refractivity contribution in [3.63, 3.8) is 0 Å². The summed E-state index contributed by atoms with van der Waals surface area (Å²) in [7, 11) is 0. The summed E-state index contributed by atoms with van der Waals surface area (Å²) in [5, 5.41) is 1.20. The molecule has 0 saturated heterocycles. The van der Waals surface area contributed by atoms with Crippen molar-refractivity contribution in [3.8, 4) is 0 Å². The fourth-order valence-corrected chi connectivity index (χ4v) is 2.13. The van der Waals surface area contributed by atoms with Crippen molar-refractivity contribution in [2.45, 2.75) is 13.3 Å². The van der Waals surface area contributed by atoms with Crippen LogP contribution in [-0.2, 0) is 4.79 Å². The zero-order valence-corrected chi connectivity index (χ0v) is 11.7. The van der Waals surface area contributed by atoms with Gasteiger partial charge in [0.25, 0.3) is 0 Å². The molecule has 0 spiro atoms. The van der Waals surface area contributed by atoms with Crippen molar-refractivity contribution < 1.29 is 4.79 Å². The third-order valence-corrected chi connectivity index (χ3v) is 3.50. The van der Waals surface area contributed by atoms with E-state index in [0.717, 1.165) is 17.7 Å². The number of hydrogen-bond donors (Lipinski definition) is 1. The fourth-order valence-electron chi connectivity index (χ4n) is 1.19. The predicted molar refractivity (Wildman–Crippen MR) is 77.7 cm³/mol. The second-order valence-corrected chi connectivity index (χ2v) is 5.51. The molecule has 0 aliphatic carbocycles. The van der Waals surface area contributed by atoms with Crippen LogP contribution in [0.15, 0.2) is 18.2 Å². The molecule has 1 rings (SSSR count). The van der Waals surface area contributed by atoms with Gasteiger partial charge in [-0.3, -0.25) is 4.79 Å². The maximum absolute atomic E-state index is 10.7. The summed E-state index contributed by atoms with van der Waals surface area (Å²) in [6.07, 6.45) is 4.65. The Kier molecular flexibility index (Phi) is 5.89. The van der Waals surface area contributed by atoms with Crippen molar-refractivity contribution in [1.82, 2.24) is 0 Å². The Morgan fingerprint density at radius 2 is 2.12 bits per heavy atom. The molecule has 0 heterocycles. The summed E-state index contributed by atoms with van der Waals surface area (Å²) in [6, 6.07) is 3.36. The maximum atomic E-state index is 10.7. The number of carbonyl (C=O) groups excluding carboxylic acids is 1. The van der Waals surface area contributed by atoms with Gasteiger partial charge in [-0.2, -0.15) is 0 Å². The highest BCUT2D eigenvalue weighted by Crippen LogP contribution is 2.27. The number of nitrogen functional groups attached to an aromatic ring is 1. The number of anilines is 1. The van der Waals surface area contributed by atoms with E-state index in [9.17, 15) is 4.79 Å². The second-order valence-electron chi connectivity index (χ2n) is 3.43. The van der Waals surface area contributed by atoms with E-state index in [0.29, 0.717) is 15.7 Å². The molecule has 0 aromatic heterocycles. The lowest BCUT2D eigenvalue weighted by molar-refractivity contribution is -0.109. The molecule has 92 valence electrons. The van der Waals surface area contributed by atoms with Gasteiger partial charge in [-0.1, -0.05) is 47.1 Å². The molecule has 2 nitrogen and oxygen atoms in total. The van der Waals surface area contributed by atoms with Crippen molar-refractivity contribution in [2.75, 3.05) is 11.5 Å². The molecular formula is C12H13Cl2NOS. The SMILES string of the molecule is CC(=O)SCCC=Cc1cc(Cl)c(N)cc1Cl. The van der Waals surface area contributed by atoms with Crippen LogP contribution in [-0.4, -0.2) is 10.9 Å². The number of halogens is 2. The molecule has 0 aliphatic rings. The Labute approximate surface area is 115 Å². The van der Waals surface area contributed by atoms with E-state index < -0.39 is 0 Å². The Hall–Kier alpha value is -0.640. The Bertz CT molecular complexity index is 446. The van der Waals surface area contributed by atoms with Crippen molar-refractivity contribution >= 4 is 51.8 Å². The average molecular weight is 290 g/mol. The number of rotatable bonds is 4. The minimum absolute atomic E-state index is 0.131. The van der Waals surface area contributed by atoms with Gasteiger partial charge in [0.05, 0.1) is 10.7 Å². The van der Waals surface area contributed by atoms with E-state index in [-0.39, 0.29) is 5.12 Å². The third kappa shape index (κ3) is 5.02. The van der Waals surface area contributed by atoms with Crippen LogP contribution in [0.3, 0.4) is 0 Å². The van der Waals surface area contributed by atoms with E-state index in [1.54, 1.807) is 19.1 Å². The van der Waals surface area contributed by atoms with E-state index in [1.807, 2.05) is 12.2 Å². The van der Waals surface area contributed by atoms with Gasteiger partial charge in [-0.25, -0.2) is 0 Å². The average Bonchev–Trinajstić information content (AvgIpc) is 2.24. The second kappa shape index (κ2) is 6.94. The first-order valence-corrected chi connectivity index (χ1v) is 6.79. The summed E-state index contributed by atoms with van der Waals surface area (Å²) in [5.41, 5.74) is 6.92. The molecule has 0 saturated carbocycles. The number of hydrogen-bond acceptors (Lipinski definition) is 3. The van der Waals surface area contributed by atoms with Crippen LogP contribution in [0.5, 0.6) is 0 Å². The van der Waals surface area contributed by atoms with Gasteiger partial charge in [0.2, 0.25) is 0 Å². The van der Waals surface area contributed by atoms with Gasteiger partial charge in [0.15, 0.2) is 5.12 Å². The minimum Gasteiger partial charge on any atom is -0.397 e.